The van der Waals surface area contributed by atoms with Gasteiger partial charge in [0.1, 0.15) is 0 Å². The number of unbranched alkanes of at least 4 members (excludes halogenated alkanes) is 14. The van der Waals surface area contributed by atoms with Crippen molar-refractivity contribution in [3.05, 3.63) is 12.2 Å². The SMILES string of the molecule is CCCCCCCCCCCCCCC/C=C/CCC[N+](C(CC)C(=O)O)(C(CC)C(=O)O)C(CC)C(=O)O. The summed E-state index contributed by atoms with van der Waals surface area (Å²) < 4.78 is -0.434. The van der Waals surface area contributed by atoms with Crippen molar-refractivity contribution in [2.45, 2.75) is 168 Å². The maximum atomic E-state index is 12.2. The van der Waals surface area contributed by atoms with Crippen molar-refractivity contribution in [3.8, 4) is 0 Å². The summed E-state index contributed by atoms with van der Waals surface area (Å²) in [5.74, 6) is -3.39. The van der Waals surface area contributed by atoms with E-state index in [0.29, 0.717) is 12.8 Å². The highest BCUT2D eigenvalue weighted by Gasteiger charge is 2.55. The Balaban J connectivity index is 4.66. The average Bonchev–Trinajstić information content (AvgIpc) is 2.88. The first kappa shape index (κ1) is 37.1. The molecule has 0 aromatic carbocycles. The molecule has 0 fully saturated rings. The van der Waals surface area contributed by atoms with Crippen LogP contribution >= 0.6 is 0 Å². The molecule has 0 aromatic rings. The van der Waals surface area contributed by atoms with E-state index in [1.54, 1.807) is 20.8 Å². The summed E-state index contributed by atoms with van der Waals surface area (Å²) in [5, 5.41) is 30.0. The van der Waals surface area contributed by atoms with Crippen LogP contribution in [0.2, 0.25) is 0 Å². The number of aliphatic carboxylic acids is 3. The molecule has 228 valence electrons. The minimum Gasteiger partial charge on any atom is -0.477 e. The lowest BCUT2D eigenvalue weighted by Gasteiger charge is -2.49. The molecule has 0 spiro atoms. The minimum atomic E-state index is -1.13. The molecular formula is C32H60NO6+. The molecule has 3 unspecified atom stereocenters. The summed E-state index contributed by atoms with van der Waals surface area (Å²) in [6, 6.07) is -3.24. The van der Waals surface area contributed by atoms with E-state index in [4.69, 9.17) is 0 Å². The van der Waals surface area contributed by atoms with Gasteiger partial charge in [0.2, 0.25) is 0 Å². The van der Waals surface area contributed by atoms with Gasteiger partial charge in [-0.2, -0.15) is 0 Å². The number of hydrogen-bond acceptors (Lipinski definition) is 3. The molecule has 3 atom stereocenters. The second kappa shape index (κ2) is 22.9. The molecule has 0 aliphatic carbocycles. The fourth-order valence-corrected chi connectivity index (χ4v) is 6.28. The van der Waals surface area contributed by atoms with E-state index in [2.05, 4.69) is 19.1 Å². The van der Waals surface area contributed by atoms with Crippen molar-refractivity contribution in [2.75, 3.05) is 6.54 Å². The highest BCUT2D eigenvalue weighted by molar-refractivity contribution is 5.78. The molecule has 0 radical (unpaired) electrons. The number of allylic oxidation sites excluding steroid dienone is 2. The number of rotatable bonds is 27. The quantitative estimate of drug-likeness (QED) is 0.0536. The maximum Gasteiger partial charge on any atom is 0.362 e. The molecule has 0 aliphatic rings. The Hall–Kier alpha value is -1.89. The van der Waals surface area contributed by atoms with Crippen LogP contribution < -0.4 is 0 Å². The van der Waals surface area contributed by atoms with E-state index in [1.807, 2.05) is 0 Å². The molecule has 0 amide bonds. The zero-order chi connectivity index (χ0) is 29.5. The molecule has 0 heterocycles. The fourth-order valence-electron chi connectivity index (χ4n) is 6.28. The third kappa shape index (κ3) is 13.8. The Morgan fingerprint density at radius 1 is 0.513 bits per heavy atom. The average molecular weight is 555 g/mol. The van der Waals surface area contributed by atoms with Gasteiger partial charge in [-0.3, -0.25) is 4.48 Å². The topological polar surface area (TPSA) is 112 Å². The highest BCUT2D eigenvalue weighted by Crippen LogP contribution is 2.32. The predicted octanol–water partition coefficient (Wildman–Crippen LogP) is 8.21. The Kier molecular flexibility index (Phi) is 21.8. The van der Waals surface area contributed by atoms with Gasteiger partial charge in [0.05, 0.1) is 6.54 Å². The summed E-state index contributed by atoms with van der Waals surface area (Å²) in [6.07, 6.45) is 24.3. The summed E-state index contributed by atoms with van der Waals surface area (Å²) in [7, 11) is 0. The zero-order valence-electron chi connectivity index (χ0n) is 25.5. The largest absolute Gasteiger partial charge is 0.477 e. The molecule has 7 nitrogen and oxygen atoms in total. The smallest absolute Gasteiger partial charge is 0.362 e. The monoisotopic (exact) mass is 554 g/mol. The Bertz CT molecular complexity index is 637. The molecular weight excluding hydrogens is 494 g/mol. The van der Waals surface area contributed by atoms with Gasteiger partial charge in [0.25, 0.3) is 0 Å². The first-order chi connectivity index (χ1) is 18.7. The number of nitrogens with zero attached hydrogens (tertiary/aromatic N) is 1. The van der Waals surface area contributed by atoms with Crippen molar-refractivity contribution in [1.29, 1.82) is 0 Å². The van der Waals surface area contributed by atoms with Crippen LogP contribution in [0.4, 0.5) is 0 Å². The Morgan fingerprint density at radius 2 is 0.821 bits per heavy atom. The van der Waals surface area contributed by atoms with Crippen LogP contribution in [0.15, 0.2) is 12.2 Å². The van der Waals surface area contributed by atoms with Crippen LogP contribution in [-0.4, -0.2) is 62.4 Å². The molecule has 0 aliphatic heterocycles. The first-order valence-electron chi connectivity index (χ1n) is 15.9. The van der Waals surface area contributed by atoms with Crippen LogP contribution in [0.25, 0.3) is 0 Å². The third-order valence-electron chi connectivity index (χ3n) is 8.31. The normalized spacial score (nSPS) is 15.6. The number of carboxylic acid groups (broad SMARTS) is 3. The van der Waals surface area contributed by atoms with Crippen molar-refractivity contribution in [2.24, 2.45) is 0 Å². The first-order valence-corrected chi connectivity index (χ1v) is 15.9. The van der Waals surface area contributed by atoms with Crippen molar-refractivity contribution in [1.82, 2.24) is 0 Å². The lowest BCUT2D eigenvalue weighted by atomic mass is 9.94. The molecule has 0 rings (SSSR count). The van der Waals surface area contributed by atoms with Crippen molar-refractivity contribution in [3.63, 3.8) is 0 Å². The second-order valence-electron chi connectivity index (χ2n) is 11.2. The number of carbonyl (C=O) groups is 3. The van der Waals surface area contributed by atoms with Crippen LogP contribution in [0.5, 0.6) is 0 Å². The van der Waals surface area contributed by atoms with Gasteiger partial charge in [-0.1, -0.05) is 117 Å². The summed E-state index contributed by atoms with van der Waals surface area (Å²) >= 11 is 0. The van der Waals surface area contributed by atoms with Gasteiger partial charge < -0.3 is 15.3 Å². The molecule has 0 saturated heterocycles. The molecule has 39 heavy (non-hydrogen) atoms. The third-order valence-corrected chi connectivity index (χ3v) is 8.31. The van der Waals surface area contributed by atoms with Crippen LogP contribution in [0, 0.1) is 0 Å². The van der Waals surface area contributed by atoms with E-state index in [1.165, 1.54) is 77.0 Å². The number of quaternary nitrogens is 1. The minimum absolute atomic E-state index is 0.178. The Morgan fingerprint density at radius 3 is 1.13 bits per heavy atom. The van der Waals surface area contributed by atoms with E-state index in [9.17, 15) is 29.7 Å². The molecule has 0 bridgehead atoms. The highest BCUT2D eigenvalue weighted by atomic mass is 16.4. The fraction of sp³-hybridized carbons (Fsp3) is 0.844. The Labute approximate surface area is 238 Å². The van der Waals surface area contributed by atoms with Crippen molar-refractivity contribution < 1.29 is 34.2 Å². The number of carboxylic acids is 3. The summed E-state index contributed by atoms with van der Waals surface area (Å²) in [4.78, 5) is 36.7. The lowest BCUT2D eigenvalue weighted by Crippen LogP contribution is -2.72. The summed E-state index contributed by atoms with van der Waals surface area (Å²) in [5.41, 5.74) is 0. The van der Waals surface area contributed by atoms with Crippen LogP contribution in [-0.2, 0) is 14.4 Å². The predicted molar refractivity (Wildman–Crippen MR) is 159 cm³/mol. The van der Waals surface area contributed by atoms with Gasteiger partial charge in [0, 0.05) is 25.7 Å². The van der Waals surface area contributed by atoms with E-state index in [-0.39, 0.29) is 25.8 Å². The van der Waals surface area contributed by atoms with E-state index >= 15 is 0 Å². The maximum absolute atomic E-state index is 12.2. The van der Waals surface area contributed by atoms with Gasteiger partial charge in [-0.05, 0) is 19.3 Å². The summed E-state index contributed by atoms with van der Waals surface area (Å²) in [6.45, 7) is 7.57. The van der Waals surface area contributed by atoms with E-state index < -0.39 is 40.5 Å². The van der Waals surface area contributed by atoms with Gasteiger partial charge >= 0.3 is 17.9 Å². The molecule has 3 N–H and O–H groups in total. The van der Waals surface area contributed by atoms with Crippen LogP contribution in [0.3, 0.4) is 0 Å². The zero-order valence-corrected chi connectivity index (χ0v) is 25.5. The molecule has 0 saturated carbocycles. The van der Waals surface area contributed by atoms with Crippen LogP contribution in [0.1, 0.15) is 150 Å². The second-order valence-corrected chi connectivity index (χ2v) is 11.2. The number of hydrogen-bond donors (Lipinski definition) is 3. The van der Waals surface area contributed by atoms with Crippen molar-refractivity contribution >= 4 is 17.9 Å². The van der Waals surface area contributed by atoms with Gasteiger partial charge in [-0.15, -0.1) is 0 Å². The lowest BCUT2D eigenvalue weighted by molar-refractivity contribution is -0.973. The standard InChI is InChI=1S/C32H59NO6/c1-5-9-10-11-12-13-14-15-16-17-18-19-20-21-22-23-24-25-26-33(27(6-2)30(34)35,28(7-3)31(36)37)29(8-4)32(38)39/h22-23,27-29H,5-21,24-26H2,1-4H3,(H2-,34,35,36,37,38,39)/p+1/b23-22+. The molecule has 7 heteroatoms. The molecule has 0 aromatic heterocycles. The van der Waals surface area contributed by atoms with Gasteiger partial charge in [0.15, 0.2) is 18.1 Å². The van der Waals surface area contributed by atoms with Gasteiger partial charge in [-0.25, -0.2) is 14.4 Å². The van der Waals surface area contributed by atoms with E-state index in [0.717, 1.165) is 12.8 Å².